The van der Waals surface area contributed by atoms with Gasteiger partial charge in [-0.3, -0.25) is 0 Å². The van der Waals surface area contributed by atoms with Crippen LogP contribution >= 0.6 is 31.9 Å². The fourth-order valence-electron chi connectivity index (χ4n) is 3.38. The molecule has 0 N–H and O–H groups in total. The summed E-state index contributed by atoms with van der Waals surface area (Å²) in [7, 11) is 0. The second-order valence-corrected chi connectivity index (χ2v) is 7.11. The van der Waals surface area contributed by atoms with Crippen molar-refractivity contribution in [1.82, 2.24) is 0 Å². The summed E-state index contributed by atoms with van der Waals surface area (Å²) in [4.78, 5) is 0. The second-order valence-electron chi connectivity index (χ2n) is 5.69. The number of rotatable bonds is 3. The van der Waals surface area contributed by atoms with Gasteiger partial charge in [0.1, 0.15) is 0 Å². The van der Waals surface area contributed by atoms with Gasteiger partial charge < -0.3 is 0 Å². The van der Waals surface area contributed by atoms with Crippen LogP contribution in [-0.4, -0.2) is 5.33 Å². The Labute approximate surface area is 137 Å². The van der Waals surface area contributed by atoms with E-state index in [9.17, 15) is 0 Å². The molecular formula is C18H18Br2. The average molecular weight is 394 g/mol. The molecule has 1 aliphatic carbocycles. The Hall–Kier alpha value is -0.600. The molecular weight excluding hydrogens is 376 g/mol. The molecule has 0 fully saturated rings. The lowest BCUT2D eigenvalue weighted by molar-refractivity contribution is 0.401. The van der Waals surface area contributed by atoms with Crippen molar-refractivity contribution in [3.05, 3.63) is 69.7 Å². The summed E-state index contributed by atoms with van der Waals surface area (Å²) in [5, 5.41) is 1.03. The molecule has 0 saturated heterocycles. The summed E-state index contributed by atoms with van der Waals surface area (Å²) < 4.78 is 1.23. The number of fused-ring (bicyclic) bond motifs is 1. The average Bonchev–Trinajstić information content (AvgIpc) is 2.50. The Balaban J connectivity index is 2.03. The van der Waals surface area contributed by atoms with Gasteiger partial charge in [-0.25, -0.2) is 0 Å². The van der Waals surface area contributed by atoms with Gasteiger partial charge in [-0.05, 0) is 48.4 Å². The number of hydrogen-bond acceptors (Lipinski definition) is 0. The van der Waals surface area contributed by atoms with Crippen LogP contribution in [0.3, 0.4) is 0 Å². The van der Waals surface area contributed by atoms with Gasteiger partial charge in [0.05, 0.1) is 0 Å². The number of hydrogen-bond donors (Lipinski definition) is 0. The van der Waals surface area contributed by atoms with Gasteiger partial charge in [0.2, 0.25) is 0 Å². The maximum Gasteiger partial charge on any atom is 0.0207 e. The molecule has 0 saturated carbocycles. The summed E-state index contributed by atoms with van der Waals surface area (Å²) >= 11 is 7.51. The Morgan fingerprint density at radius 1 is 1.00 bits per heavy atom. The van der Waals surface area contributed by atoms with Gasteiger partial charge in [-0.2, -0.15) is 0 Å². The van der Waals surface area contributed by atoms with E-state index in [-0.39, 0.29) is 5.41 Å². The largest absolute Gasteiger partial charge is 0.0918 e. The van der Waals surface area contributed by atoms with Crippen LogP contribution in [0, 0.1) is 0 Å². The highest BCUT2D eigenvalue weighted by atomic mass is 79.9. The van der Waals surface area contributed by atoms with Gasteiger partial charge in [-0.15, -0.1) is 0 Å². The highest BCUT2D eigenvalue weighted by molar-refractivity contribution is 9.10. The fraction of sp³-hybridized carbons (Fsp3) is 0.333. The molecule has 2 aromatic rings. The summed E-state index contributed by atoms with van der Waals surface area (Å²) in [6.45, 7) is 0. The zero-order valence-electron chi connectivity index (χ0n) is 11.4. The van der Waals surface area contributed by atoms with E-state index in [2.05, 4.69) is 80.4 Å². The molecule has 104 valence electrons. The van der Waals surface area contributed by atoms with Crippen LogP contribution < -0.4 is 0 Å². The van der Waals surface area contributed by atoms with Crippen LogP contribution in [0.2, 0.25) is 0 Å². The van der Waals surface area contributed by atoms with E-state index in [0.29, 0.717) is 0 Å². The van der Waals surface area contributed by atoms with Crippen molar-refractivity contribution in [3.8, 4) is 0 Å². The minimum absolute atomic E-state index is 0.235. The van der Waals surface area contributed by atoms with E-state index >= 15 is 0 Å². The predicted molar refractivity (Wildman–Crippen MR) is 92.7 cm³/mol. The summed E-state index contributed by atoms with van der Waals surface area (Å²) in [5.74, 6) is 0. The first-order valence-electron chi connectivity index (χ1n) is 7.13. The van der Waals surface area contributed by atoms with Crippen LogP contribution in [0.5, 0.6) is 0 Å². The quantitative estimate of drug-likeness (QED) is 0.590. The normalized spacial score (nSPS) is 21.5. The van der Waals surface area contributed by atoms with E-state index < -0.39 is 0 Å². The maximum absolute atomic E-state index is 3.80. The Kier molecular flexibility index (Phi) is 4.32. The molecule has 3 rings (SSSR count). The third-order valence-corrected chi connectivity index (χ3v) is 6.28. The molecule has 0 bridgehead atoms. The maximum atomic E-state index is 3.80. The molecule has 20 heavy (non-hydrogen) atoms. The lowest BCUT2D eigenvalue weighted by Crippen LogP contribution is -2.35. The van der Waals surface area contributed by atoms with Crippen molar-refractivity contribution in [3.63, 3.8) is 0 Å². The van der Waals surface area contributed by atoms with Gasteiger partial charge in [0.15, 0.2) is 0 Å². The van der Waals surface area contributed by atoms with E-state index in [1.54, 1.807) is 5.56 Å². The standard InChI is InChI=1S/C18H18Br2/c19-13-18(12-15-7-2-4-10-17(15)20)11-5-8-14-6-1-3-9-16(14)18/h1-4,6-7,9-10H,5,8,11-13H2. The third-order valence-electron chi connectivity index (χ3n) is 4.43. The van der Waals surface area contributed by atoms with E-state index in [4.69, 9.17) is 0 Å². The molecule has 0 amide bonds. The van der Waals surface area contributed by atoms with Crippen molar-refractivity contribution in [2.45, 2.75) is 31.1 Å². The molecule has 1 unspecified atom stereocenters. The molecule has 0 aromatic heterocycles. The first-order valence-corrected chi connectivity index (χ1v) is 9.04. The van der Waals surface area contributed by atoms with Crippen molar-refractivity contribution < 1.29 is 0 Å². The first-order chi connectivity index (χ1) is 9.75. The smallest absolute Gasteiger partial charge is 0.0207 e. The molecule has 0 aliphatic heterocycles. The Morgan fingerprint density at radius 2 is 1.75 bits per heavy atom. The molecule has 1 aliphatic rings. The lowest BCUT2D eigenvalue weighted by atomic mass is 9.68. The van der Waals surface area contributed by atoms with Crippen molar-refractivity contribution in [2.24, 2.45) is 0 Å². The Bertz CT molecular complexity index is 606. The predicted octanol–water partition coefficient (Wildman–Crippen LogP) is 5.66. The summed E-state index contributed by atoms with van der Waals surface area (Å²) in [6, 6.07) is 17.6. The molecule has 2 heteroatoms. The molecule has 1 atom stereocenters. The molecule has 0 spiro atoms. The van der Waals surface area contributed by atoms with E-state index in [1.165, 1.54) is 34.9 Å². The molecule has 0 heterocycles. The number of benzene rings is 2. The van der Waals surface area contributed by atoms with Crippen LogP contribution in [-0.2, 0) is 18.3 Å². The van der Waals surface area contributed by atoms with Gasteiger partial charge >= 0.3 is 0 Å². The SMILES string of the molecule is BrCC1(Cc2ccccc2Br)CCCc2ccccc21. The zero-order valence-corrected chi connectivity index (χ0v) is 14.6. The highest BCUT2D eigenvalue weighted by Crippen LogP contribution is 2.42. The Morgan fingerprint density at radius 3 is 2.55 bits per heavy atom. The van der Waals surface area contributed by atoms with Gasteiger partial charge in [0.25, 0.3) is 0 Å². The topological polar surface area (TPSA) is 0 Å². The van der Waals surface area contributed by atoms with Crippen molar-refractivity contribution >= 4 is 31.9 Å². The van der Waals surface area contributed by atoms with E-state index in [1.807, 2.05) is 0 Å². The minimum atomic E-state index is 0.235. The number of halogens is 2. The second kappa shape index (κ2) is 6.03. The third kappa shape index (κ3) is 2.60. The van der Waals surface area contributed by atoms with Crippen LogP contribution in [0.1, 0.15) is 29.5 Å². The highest BCUT2D eigenvalue weighted by Gasteiger charge is 2.35. The monoisotopic (exact) mass is 392 g/mol. The van der Waals surface area contributed by atoms with Crippen LogP contribution in [0.4, 0.5) is 0 Å². The summed E-state index contributed by atoms with van der Waals surface area (Å²) in [6.07, 6.45) is 4.86. The van der Waals surface area contributed by atoms with Crippen molar-refractivity contribution in [2.75, 3.05) is 5.33 Å². The lowest BCUT2D eigenvalue weighted by Gasteiger charge is -2.38. The minimum Gasteiger partial charge on any atom is -0.0918 e. The molecule has 2 aromatic carbocycles. The summed E-state index contributed by atoms with van der Waals surface area (Å²) in [5.41, 5.74) is 4.71. The number of aryl methyl sites for hydroxylation is 1. The van der Waals surface area contributed by atoms with Gasteiger partial charge in [0, 0.05) is 15.2 Å². The van der Waals surface area contributed by atoms with Crippen LogP contribution in [0.25, 0.3) is 0 Å². The van der Waals surface area contributed by atoms with Gasteiger partial charge in [-0.1, -0.05) is 74.3 Å². The number of alkyl halides is 1. The van der Waals surface area contributed by atoms with Crippen molar-refractivity contribution in [1.29, 1.82) is 0 Å². The molecule has 0 radical (unpaired) electrons. The zero-order chi connectivity index (χ0) is 14.0. The molecule has 0 nitrogen and oxygen atoms in total. The first kappa shape index (κ1) is 14.3. The van der Waals surface area contributed by atoms with Crippen LogP contribution in [0.15, 0.2) is 53.0 Å². The van der Waals surface area contributed by atoms with E-state index in [0.717, 1.165) is 11.8 Å². The fourth-order valence-corrected chi connectivity index (χ4v) is 4.59.